The van der Waals surface area contributed by atoms with E-state index in [1.165, 1.54) is 0 Å². The molecule has 5 aromatic rings. The Kier molecular flexibility index (Phi) is 7.10. The number of aryl methyl sites for hydroxylation is 3. The molecule has 1 unspecified atom stereocenters. The maximum atomic E-state index is 12.6. The van der Waals surface area contributed by atoms with Gasteiger partial charge in [-0.2, -0.15) is 5.10 Å². The molecule has 1 atom stereocenters. The smallest absolute Gasteiger partial charge is 0.337 e. The van der Waals surface area contributed by atoms with Crippen LogP contribution in [0.2, 0.25) is 5.02 Å². The highest BCUT2D eigenvalue weighted by molar-refractivity contribution is 7.22. The highest BCUT2D eigenvalue weighted by atomic mass is 35.5. The minimum Gasteiger partial charge on any atom is -0.479 e. The Balaban J connectivity index is 1.74. The van der Waals surface area contributed by atoms with E-state index in [-0.39, 0.29) is 0 Å². The number of nitrogens with zero attached hydrogens (tertiary/aromatic N) is 3. The van der Waals surface area contributed by atoms with Crippen molar-refractivity contribution < 1.29 is 14.6 Å². The van der Waals surface area contributed by atoms with E-state index in [0.717, 1.165) is 54.3 Å². The van der Waals surface area contributed by atoms with Crippen molar-refractivity contribution in [2.45, 2.75) is 46.3 Å². The number of halogens is 1. The number of carbonyl (C=O) groups is 1. The highest BCUT2D eigenvalue weighted by Crippen LogP contribution is 2.44. The van der Waals surface area contributed by atoms with Gasteiger partial charge in [-0.1, -0.05) is 41.9 Å². The summed E-state index contributed by atoms with van der Waals surface area (Å²) in [5.41, 5.74) is 7.34. The zero-order valence-corrected chi connectivity index (χ0v) is 24.3. The molecule has 5 rings (SSSR count). The van der Waals surface area contributed by atoms with Crippen molar-refractivity contribution >= 4 is 39.1 Å². The highest BCUT2D eigenvalue weighted by Gasteiger charge is 2.32. The molecule has 0 saturated heterocycles. The molecular formula is C31H30ClN3O3S. The van der Waals surface area contributed by atoms with Gasteiger partial charge in [0.2, 0.25) is 0 Å². The fourth-order valence-corrected chi connectivity index (χ4v) is 6.11. The van der Waals surface area contributed by atoms with E-state index in [1.807, 2.05) is 95.0 Å². The van der Waals surface area contributed by atoms with Crippen molar-refractivity contribution in [3.63, 3.8) is 0 Å². The van der Waals surface area contributed by atoms with Crippen molar-refractivity contribution in [3.05, 3.63) is 82.6 Å². The molecule has 3 aromatic carbocycles. The van der Waals surface area contributed by atoms with E-state index in [4.69, 9.17) is 21.3 Å². The summed E-state index contributed by atoms with van der Waals surface area (Å²) in [5.74, 6) is -1.04. The average Bonchev–Trinajstić information content (AvgIpc) is 3.44. The van der Waals surface area contributed by atoms with Gasteiger partial charge >= 0.3 is 5.97 Å². The lowest BCUT2D eigenvalue weighted by molar-refractivity contribution is -0.160. The Morgan fingerprint density at radius 3 is 2.36 bits per heavy atom. The van der Waals surface area contributed by atoms with Crippen LogP contribution >= 0.6 is 22.9 Å². The molecule has 39 heavy (non-hydrogen) atoms. The summed E-state index contributed by atoms with van der Waals surface area (Å²) in [6, 6.07) is 17.7. The van der Waals surface area contributed by atoms with Gasteiger partial charge in [-0.05, 0) is 75.6 Å². The van der Waals surface area contributed by atoms with Gasteiger partial charge in [-0.15, -0.1) is 11.3 Å². The van der Waals surface area contributed by atoms with Crippen LogP contribution in [0.1, 0.15) is 43.7 Å². The van der Waals surface area contributed by atoms with E-state index in [2.05, 4.69) is 17.2 Å². The first-order valence-corrected chi connectivity index (χ1v) is 13.8. The molecule has 0 fully saturated rings. The van der Waals surface area contributed by atoms with Gasteiger partial charge in [0.05, 0.1) is 21.5 Å². The van der Waals surface area contributed by atoms with E-state index < -0.39 is 17.7 Å². The van der Waals surface area contributed by atoms with Crippen LogP contribution in [0.25, 0.3) is 43.0 Å². The number of aromatic nitrogens is 3. The Bertz CT molecular complexity index is 1700. The summed E-state index contributed by atoms with van der Waals surface area (Å²) in [6.45, 7) is 9.50. The number of hydrogen-bond donors (Lipinski definition) is 1. The number of rotatable bonds is 6. The van der Waals surface area contributed by atoms with Crippen molar-refractivity contribution in [3.8, 4) is 32.8 Å². The van der Waals surface area contributed by atoms with Gasteiger partial charge < -0.3 is 9.84 Å². The third-order valence-corrected chi connectivity index (χ3v) is 7.84. The third-order valence-electron chi connectivity index (χ3n) is 6.45. The van der Waals surface area contributed by atoms with Crippen LogP contribution < -0.4 is 0 Å². The van der Waals surface area contributed by atoms with Crippen LogP contribution in [0.4, 0.5) is 0 Å². The molecule has 8 heteroatoms. The summed E-state index contributed by atoms with van der Waals surface area (Å²) in [4.78, 5) is 17.6. The number of thiazole rings is 1. The van der Waals surface area contributed by atoms with Crippen LogP contribution in [0.15, 0.2) is 60.8 Å². The summed E-state index contributed by atoms with van der Waals surface area (Å²) >= 11 is 7.76. The van der Waals surface area contributed by atoms with Gasteiger partial charge in [0.25, 0.3) is 0 Å². The maximum Gasteiger partial charge on any atom is 0.337 e. The maximum absolute atomic E-state index is 12.6. The Morgan fingerprint density at radius 2 is 1.74 bits per heavy atom. The largest absolute Gasteiger partial charge is 0.479 e. The predicted molar refractivity (Wildman–Crippen MR) is 158 cm³/mol. The number of carboxylic acids is 1. The van der Waals surface area contributed by atoms with Gasteiger partial charge in [-0.3, -0.25) is 4.68 Å². The normalized spacial score (nSPS) is 12.7. The lowest BCUT2D eigenvalue weighted by Gasteiger charge is -2.28. The number of hydrogen-bond acceptors (Lipinski definition) is 5. The van der Waals surface area contributed by atoms with Crippen LogP contribution in [-0.2, 0) is 16.6 Å². The minimum atomic E-state index is -1.15. The van der Waals surface area contributed by atoms with Gasteiger partial charge in [0.15, 0.2) is 6.10 Å². The van der Waals surface area contributed by atoms with Crippen molar-refractivity contribution in [2.75, 3.05) is 0 Å². The van der Waals surface area contributed by atoms with Gasteiger partial charge in [0.1, 0.15) is 5.01 Å². The summed E-state index contributed by atoms with van der Waals surface area (Å²) in [7, 11) is 1.92. The molecule has 2 heterocycles. The van der Waals surface area contributed by atoms with Crippen LogP contribution in [-0.4, -0.2) is 31.4 Å². The second kappa shape index (κ2) is 10.2. The molecule has 0 aliphatic rings. The zero-order chi connectivity index (χ0) is 28.1. The average molecular weight is 560 g/mol. The third kappa shape index (κ3) is 5.48. The van der Waals surface area contributed by atoms with E-state index in [1.54, 1.807) is 11.3 Å². The molecule has 1 N–H and O–H groups in total. The molecule has 2 aromatic heterocycles. The summed E-state index contributed by atoms with van der Waals surface area (Å²) in [6.07, 6.45) is 0.866. The quantitative estimate of drug-likeness (QED) is 0.227. The number of aliphatic carboxylic acids is 1. The lowest BCUT2D eigenvalue weighted by Crippen LogP contribution is -2.28. The molecule has 0 aliphatic heterocycles. The summed E-state index contributed by atoms with van der Waals surface area (Å²) < 4.78 is 8.84. The zero-order valence-electron chi connectivity index (χ0n) is 22.7. The van der Waals surface area contributed by atoms with Crippen LogP contribution in [0.3, 0.4) is 0 Å². The molecular weight excluding hydrogens is 530 g/mol. The minimum absolute atomic E-state index is 0.609. The Morgan fingerprint density at radius 1 is 1.05 bits per heavy atom. The Labute approximate surface area is 236 Å². The number of carboxylic acid groups (broad SMARTS) is 1. The van der Waals surface area contributed by atoms with Crippen molar-refractivity contribution in [1.82, 2.24) is 14.8 Å². The number of ether oxygens (including phenoxy) is 1. The standard InChI is InChI=1S/C31H30ClN3O3S/c1-17-14-24-28(39-29(33-24)21-9-7-8-20(15-21)23-16-35(6)34-18(23)2)26(19-10-12-22(32)13-11-19)25(17)27(30(36)37)38-31(3,4)5/h7-16,27H,1-6H3,(H,36,37). The van der Waals surface area contributed by atoms with Crippen LogP contribution in [0.5, 0.6) is 0 Å². The molecule has 0 aliphatic carbocycles. The second-order valence-corrected chi connectivity index (χ2v) is 12.1. The van der Waals surface area contributed by atoms with E-state index >= 15 is 0 Å². The van der Waals surface area contributed by atoms with Crippen LogP contribution in [0, 0.1) is 13.8 Å². The topological polar surface area (TPSA) is 77.2 Å². The predicted octanol–water partition coefficient (Wildman–Crippen LogP) is 8.24. The van der Waals surface area contributed by atoms with E-state index in [9.17, 15) is 9.90 Å². The fraction of sp³-hybridized carbons (Fsp3) is 0.258. The molecule has 200 valence electrons. The molecule has 0 saturated carbocycles. The lowest BCUT2D eigenvalue weighted by atomic mass is 9.91. The molecule has 0 radical (unpaired) electrons. The monoisotopic (exact) mass is 559 g/mol. The van der Waals surface area contributed by atoms with Crippen molar-refractivity contribution in [1.29, 1.82) is 0 Å². The van der Waals surface area contributed by atoms with E-state index in [0.29, 0.717) is 10.6 Å². The van der Waals surface area contributed by atoms with Gasteiger partial charge in [-0.25, -0.2) is 9.78 Å². The van der Waals surface area contributed by atoms with Crippen molar-refractivity contribution in [2.24, 2.45) is 7.05 Å². The summed E-state index contributed by atoms with van der Waals surface area (Å²) in [5, 5.41) is 16.2. The molecule has 0 bridgehead atoms. The number of fused-ring (bicyclic) bond motifs is 1. The first kappa shape index (κ1) is 27.1. The first-order valence-electron chi connectivity index (χ1n) is 12.6. The van der Waals surface area contributed by atoms with Gasteiger partial charge in [0, 0.05) is 40.5 Å². The molecule has 0 spiro atoms. The molecule has 6 nitrogen and oxygen atoms in total. The first-order chi connectivity index (χ1) is 18.4. The number of benzene rings is 3. The Hall–Kier alpha value is -3.52. The second-order valence-electron chi connectivity index (χ2n) is 10.7. The fourth-order valence-electron chi connectivity index (χ4n) is 4.86. The SMILES string of the molecule is Cc1cc2nc(-c3cccc(-c4cn(C)nc4C)c3)sc2c(-c2ccc(Cl)cc2)c1C(OC(C)(C)C)C(=O)O. The molecule has 0 amide bonds.